The van der Waals surface area contributed by atoms with E-state index in [2.05, 4.69) is 15.4 Å². The van der Waals surface area contributed by atoms with Crippen molar-refractivity contribution in [1.82, 2.24) is 14.8 Å². The zero-order chi connectivity index (χ0) is 21.8. The number of hydrogen-bond donors (Lipinski definition) is 1. The molecule has 1 N–H and O–H groups in total. The lowest BCUT2D eigenvalue weighted by atomic mass is 10.1. The van der Waals surface area contributed by atoms with Crippen LogP contribution in [0.5, 0.6) is 0 Å². The van der Waals surface area contributed by atoms with E-state index >= 15 is 0 Å². The number of nitro groups is 1. The molecule has 8 heteroatoms. The van der Waals surface area contributed by atoms with E-state index in [1.165, 1.54) is 12.1 Å². The van der Waals surface area contributed by atoms with Crippen molar-refractivity contribution in [2.45, 2.75) is 13.3 Å². The Kier molecular flexibility index (Phi) is 5.53. The van der Waals surface area contributed by atoms with Crippen LogP contribution >= 0.6 is 0 Å². The van der Waals surface area contributed by atoms with Crippen molar-refractivity contribution < 1.29 is 9.72 Å². The second-order valence-corrected chi connectivity index (χ2v) is 7.03. The predicted octanol–water partition coefficient (Wildman–Crippen LogP) is 4.33. The smallest absolute Gasteiger partial charge is 0.269 e. The Morgan fingerprint density at radius 2 is 1.84 bits per heavy atom. The lowest BCUT2D eigenvalue weighted by Crippen LogP contribution is -2.15. The number of nitrogens with one attached hydrogen (secondary N) is 1. The van der Waals surface area contributed by atoms with Gasteiger partial charge < -0.3 is 5.32 Å². The van der Waals surface area contributed by atoms with Gasteiger partial charge in [0.1, 0.15) is 5.82 Å². The molecule has 0 aliphatic carbocycles. The molecule has 0 atom stereocenters. The Hall–Kier alpha value is -4.33. The van der Waals surface area contributed by atoms with Crippen LogP contribution in [0.4, 0.5) is 11.5 Å². The van der Waals surface area contributed by atoms with Crippen molar-refractivity contribution >= 4 is 17.4 Å². The maximum absolute atomic E-state index is 12.7. The van der Waals surface area contributed by atoms with E-state index in [0.29, 0.717) is 22.6 Å². The topological polar surface area (TPSA) is 103 Å². The van der Waals surface area contributed by atoms with Gasteiger partial charge in [-0.05, 0) is 48.9 Å². The summed E-state index contributed by atoms with van der Waals surface area (Å²) in [4.78, 5) is 27.4. The lowest BCUT2D eigenvalue weighted by Gasteiger charge is -2.05. The molecular weight excluding hydrogens is 394 g/mol. The fourth-order valence-corrected chi connectivity index (χ4v) is 3.20. The second kappa shape index (κ2) is 8.58. The molecule has 2 aromatic carbocycles. The Morgan fingerprint density at radius 1 is 1.10 bits per heavy atom. The highest BCUT2D eigenvalue weighted by Crippen LogP contribution is 2.26. The number of carbonyl (C=O) groups excluding carboxylic acids is 1. The summed E-state index contributed by atoms with van der Waals surface area (Å²) in [5, 5.41) is 18.4. The minimum Gasteiger partial charge on any atom is -0.310 e. The van der Waals surface area contributed by atoms with Crippen LogP contribution in [0.3, 0.4) is 0 Å². The van der Waals surface area contributed by atoms with E-state index < -0.39 is 4.92 Å². The number of carbonyl (C=O) groups is 1. The van der Waals surface area contributed by atoms with E-state index in [4.69, 9.17) is 0 Å². The second-order valence-electron chi connectivity index (χ2n) is 7.03. The number of nitrogens with zero attached hydrogens (tertiary/aromatic N) is 4. The molecule has 2 heterocycles. The van der Waals surface area contributed by atoms with Crippen LogP contribution in [0.25, 0.3) is 16.9 Å². The van der Waals surface area contributed by atoms with Gasteiger partial charge in [-0.2, -0.15) is 5.10 Å². The van der Waals surface area contributed by atoms with Crippen molar-refractivity contribution in [3.63, 3.8) is 0 Å². The molecular formula is C23H19N5O3. The molecule has 154 valence electrons. The largest absolute Gasteiger partial charge is 0.310 e. The first kappa shape index (κ1) is 20.0. The summed E-state index contributed by atoms with van der Waals surface area (Å²) >= 11 is 0. The first-order valence-electron chi connectivity index (χ1n) is 9.61. The van der Waals surface area contributed by atoms with E-state index in [1.54, 1.807) is 35.3 Å². The summed E-state index contributed by atoms with van der Waals surface area (Å²) in [6, 6.07) is 19.3. The number of para-hydroxylation sites is 1. The average Bonchev–Trinajstić information content (AvgIpc) is 3.18. The zero-order valence-corrected chi connectivity index (χ0v) is 16.7. The normalized spacial score (nSPS) is 10.6. The van der Waals surface area contributed by atoms with Gasteiger partial charge in [0.25, 0.3) is 5.69 Å². The monoisotopic (exact) mass is 413 g/mol. The summed E-state index contributed by atoms with van der Waals surface area (Å²) in [6.07, 6.45) is 3.52. The molecule has 4 rings (SSSR count). The van der Waals surface area contributed by atoms with Gasteiger partial charge in [-0.15, -0.1) is 0 Å². The number of aryl methyl sites for hydroxylation is 1. The van der Waals surface area contributed by atoms with Gasteiger partial charge in [-0.1, -0.05) is 18.2 Å². The Bertz CT molecular complexity index is 1230. The third kappa shape index (κ3) is 4.64. The third-order valence-electron chi connectivity index (χ3n) is 4.70. The highest BCUT2D eigenvalue weighted by Gasteiger charge is 2.17. The molecule has 8 nitrogen and oxygen atoms in total. The first-order chi connectivity index (χ1) is 15.0. The van der Waals surface area contributed by atoms with Crippen molar-refractivity contribution in [3.05, 3.63) is 100 Å². The van der Waals surface area contributed by atoms with Crippen molar-refractivity contribution in [1.29, 1.82) is 0 Å². The molecule has 2 aromatic heterocycles. The molecule has 0 saturated carbocycles. The molecule has 0 saturated heterocycles. The van der Waals surface area contributed by atoms with Crippen LogP contribution in [-0.2, 0) is 11.2 Å². The number of pyridine rings is 1. The van der Waals surface area contributed by atoms with Gasteiger partial charge >= 0.3 is 0 Å². The standard InChI is InChI=1S/C23H19N5O3/c1-16-11-12-24-21(13-16)25-22(29)14-18-15-27(19-5-3-2-4-6-19)26-23(18)17-7-9-20(10-8-17)28(30)31/h2-13,15H,14H2,1H3,(H,24,25,29). The van der Waals surface area contributed by atoms with Crippen molar-refractivity contribution in [3.8, 4) is 16.9 Å². The molecule has 0 unspecified atom stereocenters. The van der Waals surface area contributed by atoms with Gasteiger partial charge in [-0.25, -0.2) is 9.67 Å². The molecule has 0 fully saturated rings. The molecule has 0 aliphatic heterocycles. The van der Waals surface area contributed by atoms with E-state index in [1.807, 2.05) is 43.3 Å². The maximum Gasteiger partial charge on any atom is 0.269 e. The van der Waals surface area contributed by atoms with Crippen LogP contribution in [0.15, 0.2) is 79.1 Å². The predicted molar refractivity (Wildman–Crippen MR) is 117 cm³/mol. The van der Waals surface area contributed by atoms with Crippen LogP contribution in [-0.4, -0.2) is 25.6 Å². The van der Waals surface area contributed by atoms with E-state index in [9.17, 15) is 14.9 Å². The number of anilines is 1. The third-order valence-corrected chi connectivity index (χ3v) is 4.70. The number of rotatable bonds is 6. The van der Waals surface area contributed by atoms with Crippen LogP contribution in [0.2, 0.25) is 0 Å². The van der Waals surface area contributed by atoms with Crippen molar-refractivity contribution in [2.24, 2.45) is 0 Å². The van der Waals surface area contributed by atoms with Crippen molar-refractivity contribution in [2.75, 3.05) is 5.32 Å². The average molecular weight is 413 g/mol. The van der Waals surface area contributed by atoms with Gasteiger partial charge in [-0.3, -0.25) is 14.9 Å². The summed E-state index contributed by atoms with van der Waals surface area (Å²) in [5.74, 6) is 0.256. The summed E-state index contributed by atoms with van der Waals surface area (Å²) < 4.78 is 1.70. The highest BCUT2D eigenvalue weighted by molar-refractivity contribution is 5.92. The molecule has 31 heavy (non-hydrogen) atoms. The Balaban J connectivity index is 1.67. The number of hydrogen-bond acceptors (Lipinski definition) is 5. The van der Waals surface area contributed by atoms with Gasteiger partial charge in [0, 0.05) is 35.7 Å². The minimum absolute atomic E-state index is 0.00365. The number of nitro benzene ring substituents is 1. The summed E-state index contributed by atoms with van der Waals surface area (Å²) in [7, 11) is 0. The number of non-ortho nitro benzene ring substituents is 1. The number of aromatic nitrogens is 3. The quantitative estimate of drug-likeness (QED) is 0.374. The van der Waals surface area contributed by atoms with Gasteiger partial charge in [0.05, 0.1) is 22.7 Å². The molecule has 0 radical (unpaired) electrons. The van der Waals surface area contributed by atoms with Crippen LogP contribution in [0.1, 0.15) is 11.1 Å². The number of amides is 1. The molecule has 0 spiro atoms. The Labute approximate surface area is 178 Å². The maximum atomic E-state index is 12.7. The van der Waals surface area contributed by atoms with E-state index in [-0.39, 0.29) is 18.0 Å². The molecule has 0 bridgehead atoms. The molecule has 0 aliphatic rings. The van der Waals surface area contributed by atoms with Crippen LogP contribution < -0.4 is 5.32 Å². The zero-order valence-electron chi connectivity index (χ0n) is 16.7. The highest BCUT2D eigenvalue weighted by atomic mass is 16.6. The van der Waals surface area contributed by atoms with Crippen LogP contribution in [0, 0.1) is 17.0 Å². The summed E-state index contributed by atoms with van der Waals surface area (Å²) in [5.41, 5.74) is 3.81. The van der Waals surface area contributed by atoms with Gasteiger partial charge in [0.15, 0.2) is 0 Å². The van der Waals surface area contributed by atoms with E-state index in [0.717, 1.165) is 11.3 Å². The van der Waals surface area contributed by atoms with Gasteiger partial charge in [0.2, 0.25) is 5.91 Å². The lowest BCUT2D eigenvalue weighted by molar-refractivity contribution is -0.384. The Morgan fingerprint density at radius 3 is 2.52 bits per heavy atom. The summed E-state index contributed by atoms with van der Waals surface area (Å²) in [6.45, 7) is 1.92. The SMILES string of the molecule is Cc1ccnc(NC(=O)Cc2cn(-c3ccccc3)nc2-c2ccc([N+](=O)[O-])cc2)c1. The fraction of sp³-hybridized carbons (Fsp3) is 0.0870. The first-order valence-corrected chi connectivity index (χ1v) is 9.61. The molecule has 4 aromatic rings. The number of benzene rings is 2. The minimum atomic E-state index is -0.449. The molecule has 1 amide bonds. The fourth-order valence-electron chi connectivity index (χ4n) is 3.20.